The monoisotopic (exact) mass is 427 g/mol. The Kier molecular flexibility index (Phi) is 4.71. The smallest absolute Gasteiger partial charge is 0.332 e. The van der Waals surface area contributed by atoms with Crippen molar-refractivity contribution >= 4 is 11.2 Å². The molecule has 0 radical (unpaired) electrons. The Bertz CT molecular complexity index is 1330. The van der Waals surface area contributed by atoms with E-state index in [4.69, 9.17) is 0 Å². The van der Waals surface area contributed by atoms with Crippen LogP contribution < -0.4 is 21.7 Å². The number of rotatable bonds is 4. The summed E-state index contributed by atoms with van der Waals surface area (Å²) in [5, 5.41) is 10.8. The molecule has 2 unspecified atom stereocenters. The van der Waals surface area contributed by atoms with E-state index in [0.29, 0.717) is 29.5 Å². The average Bonchev–Trinajstić information content (AvgIpc) is 3.15. The summed E-state index contributed by atoms with van der Waals surface area (Å²) < 4.78 is 5.95. The van der Waals surface area contributed by atoms with Crippen molar-refractivity contribution in [3.63, 3.8) is 0 Å². The number of imidazole rings is 1. The number of quaternary nitrogens is 1. The molecule has 4 atom stereocenters. The molecule has 31 heavy (non-hydrogen) atoms. The number of fused-ring (bicyclic) bond motifs is 5. The zero-order chi connectivity index (χ0) is 21.9. The van der Waals surface area contributed by atoms with E-state index in [9.17, 15) is 19.5 Å². The van der Waals surface area contributed by atoms with Gasteiger partial charge in [-0.05, 0) is 12.5 Å². The summed E-state index contributed by atoms with van der Waals surface area (Å²) in [5.41, 5.74) is 0.973. The van der Waals surface area contributed by atoms with Gasteiger partial charge in [0, 0.05) is 44.2 Å². The summed E-state index contributed by atoms with van der Waals surface area (Å²) >= 11 is 0. The highest BCUT2D eigenvalue weighted by molar-refractivity contribution is 5.69. The third-order valence-corrected chi connectivity index (χ3v) is 6.82. The maximum absolute atomic E-state index is 12.6. The molecule has 3 aromatic heterocycles. The van der Waals surface area contributed by atoms with Gasteiger partial charge >= 0.3 is 5.69 Å². The van der Waals surface area contributed by atoms with Crippen molar-refractivity contribution in [2.45, 2.75) is 31.5 Å². The van der Waals surface area contributed by atoms with Gasteiger partial charge in [-0.25, -0.2) is 9.78 Å². The Morgan fingerprint density at radius 1 is 1.19 bits per heavy atom. The van der Waals surface area contributed by atoms with Crippen molar-refractivity contribution in [2.75, 3.05) is 19.6 Å². The van der Waals surface area contributed by atoms with Crippen LogP contribution in [0.25, 0.3) is 11.2 Å². The molecular weight excluding hydrogens is 400 g/mol. The minimum atomic E-state index is -0.661. The summed E-state index contributed by atoms with van der Waals surface area (Å²) in [7, 11) is 3.02. The summed E-state index contributed by atoms with van der Waals surface area (Å²) in [6.07, 6.45) is 1.93. The average molecular weight is 427 g/mol. The number of pyridine rings is 1. The van der Waals surface area contributed by atoms with Crippen molar-refractivity contribution in [2.24, 2.45) is 20.0 Å². The van der Waals surface area contributed by atoms with Crippen LogP contribution in [0.5, 0.6) is 0 Å². The lowest BCUT2D eigenvalue weighted by Gasteiger charge is -2.40. The van der Waals surface area contributed by atoms with E-state index in [0.717, 1.165) is 36.3 Å². The van der Waals surface area contributed by atoms with E-state index in [2.05, 4.69) is 4.98 Å². The predicted molar refractivity (Wildman–Crippen MR) is 113 cm³/mol. The van der Waals surface area contributed by atoms with Crippen LogP contribution in [0.4, 0.5) is 0 Å². The van der Waals surface area contributed by atoms with Gasteiger partial charge in [-0.2, -0.15) is 0 Å². The zero-order valence-corrected chi connectivity index (χ0v) is 17.7. The topological polar surface area (TPSA) is 108 Å². The minimum absolute atomic E-state index is 0.0682. The van der Waals surface area contributed by atoms with Crippen molar-refractivity contribution in [1.82, 2.24) is 23.3 Å². The van der Waals surface area contributed by atoms with E-state index < -0.39 is 17.4 Å². The number of nitrogens with zero attached hydrogens (tertiary/aromatic N) is 5. The highest BCUT2D eigenvalue weighted by Gasteiger charge is 2.37. The normalized spacial score (nSPS) is 23.6. The second kappa shape index (κ2) is 7.31. The molecule has 2 aliphatic heterocycles. The summed E-state index contributed by atoms with van der Waals surface area (Å²) in [5.74, 6) is 0.740. The number of likely N-dealkylation sites (tertiary alicyclic amines) is 1. The minimum Gasteiger partial charge on any atom is -0.385 e. The molecule has 0 amide bonds. The van der Waals surface area contributed by atoms with Gasteiger partial charge < -0.3 is 19.1 Å². The lowest BCUT2D eigenvalue weighted by molar-refractivity contribution is -0.914. The van der Waals surface area contributed by atoms with E-state index in [1.165, 1.54) is 22.8 Å². The van der Waals surface area contributed by atoms with Gasteiger partial charge in [-0.3, -0.25) is 18.7 Å². The number of aliphatic hydroxyl groups excluding tert-OH is 1. The number of aryl methyl sites for hydroxylation is 1. The highest BCUT2D eigenvalue weighted by Crippen LogP contribution is 2.30. The molecule has 5 heterocycles. The quantitative estimate of drug-likeness (QED) is 0.485. The van der Waals surface area contributed by atoms with Gasteiger partial charge in [0.25, 0.3) is 11.1 Å². The maximum Gasteiger partial charge on any atom is 0.332 e. The molecule has 2 N–H and O–H groups in total. The molecule has 0 spiro atoms. The molecule has 10 nitrogen and oxygen atoms in total. The molecule has 1 fully saturated rings. The largest absolute Gasteiger partial charge is 0.385 e. The van der Waals surface area contributed by atoms with Crippen LogP contribution in [0.3, 0.4) is 0 Å². The second-order valence-corrected chi connectivity index (χ2v) is 8.99. The summed E-state index contributed by atoms with van der Waals surface area (Å²) in [6.45, 7) is 3.31. The summed E-state index contributed by atoms with van der Waals surface area (Å²) in [6, 6.07) is 5.49. The third kappa shape index (κ3) is 3.26. The van der Waals surface area contributed by atoms with Crippen LogP contribution in [0.2, 0.25) is 0 Å². The van der Waals surface area contributed by atoms with Crippen molar-refractivity contribution in [1.29, 1.82) is 0 Å². The Morgan fingerprint density at radius 2 is 2.00 bits per heavy atom. The molecule has 2 aliphatic rings. The van der Waals surface area contributed by atoms with Crippen LogP contribution in [0, 0.1) is 5.92 Å². The lowest BCUT2D eigenvalue weighted by atomic mass is 9.83. The molecule has 0 saturated carbocycles. The standard InChI is InChI=1S/C21H26N6O4/c1-23-19-18(20(30)24(2)21(23)31)26(12-22-19)11-15(28)10-25-7-13-6-14(9-25)16-4-3-5-17(29)27(16)8-13/h3-5,12-15,28H,6-11H2,1-2H3/p+1/t13-,14+,15?/m1/s1. The number of nitrogens with one attached hydrogen (secondary N) is 1. The molecule has 0 aromatic carbocycles. The number of aromatic nitrogens is 5. The van der Waals surface area contributed by atoms with Crippen LogP contribution in [-0.4, -0.2) is 54.1 Å². The van der Waals surface area contributed by atoms with Crippen molar-refractivity contribution in [3.8, 4) is 0 Å². The summed E-state index contributed by atoms with van der Waals surface area (Å²) in [4.78, 5) is 42.4. The molecule has 10 heteroatoms. The van der Waals surface area contributed by atoms with Gasteiger partial charge in [0.05, 0.1) is 26.0 Å². The Hall–Kier alpha value is -2.98. The van der Waals surface area contributed by atoms with Crippen LogP contribution in [0.1, 0.15) is 18.0 Å². The Labute approximate surface area is 177 Å². The first-order chi connectivity index (χ1) is 14.8. The number of aliphatic hydroxyl groups is 1. The lowest BCUT2D eigenvalue weighted by Crippen LogP contribution is -3.15. The molecule has 5 rings (SSSR count). The molecule has 3 aromatic rings. The van der Waals surface area contributed by atoms with Crippen molar-refractivity contribution in [3.05, 3.63) is 61.4 Å². The molecule has 1 saturated heterocycles. The molecular formula is C21H27N6O4+. The fourth-order valence-electron chi connectivity index (χ4n) is 5.45. The maximum atomic E-state index is 12.6. The molecule has 0 aliphatic carbocycles. The Morgan fingerprint density at radius 3 is 2.81 bits per heavy atom. The van der Waals surface area contributed by atoms with E-state index in [1.54, 1.807) is 17.7 Å². The van der Waals surface area contributed by atoms with Gasteiger partial charge in [0.1, 0.15) is 12.6 Å². The van der Waals surface area contributed by atoms with Gasteiger partial charge in [0.2, 0.25) is 0 Å². The predicted octanol–water partition coefficient (Wildman–Crippen LogP) is -2.34. The molecule has 2 bridgehead atoms. The second-order valence-electron chi connectivity index (χ2n) is 8.99. The van der Waals surface area contributed by atoms with Gasteiger partial charge in [-0.15, -0.1) is 0 Å². The van der Waals surface area contributed by atoms with Crippen LogP contribution in [0.15, 0.2) is 38.9 Å². The van der Waals surface area contributed by atoms with Crippen LogP contribution >= 0.6 is 0 Å². The third-order valence-electron chi connectivity index (χ3n) is 6.82. The SMILES string of the molecule is Cn1c(=O)c2c(ncn2CC(O)C[NH+]2C[C@H]3C[C@@H](C2)c2cccc(=O)n2C3)n(C)c1=O. The highest BCUT2D eigenvalue weighted by atomic mass is 16.3. The van der Waals surface area contributed by atoms with Crippen molar-refractivity contribution < 1.29 is 10.0 Å². The van der Waals surface area contributed by atoms with Gasteiger partial charge in [0.15, 0.2) is 11.2 Å². The van der Waals surface area contributed by atoms with E-state index in [-0.39, 0.29) is 12.1 Å². The van der Waals surface area contributed by atoms with E-state index >= 15 is 0 Å². The number of hydrogen-bond acceptors (Lipinski definition) is 5. The first kappa shape index (κ1) is 20.0. The number of piperidine rings is 1. The number of hydrogen-bond donors (Lipinski definition) is 2. The van der Waals surface area contributed by atoms with E-state index in [1.807, 2.05) is 16.7 Å². The fourth-order valence-corrected chi connectivity index (χ4v) is 5.45. The fraction of sp³-hybridized carbons (Fsp3) is 0.524. The first-order valence-electron chi connectivity index (χ1n) is 10.7. The van der Waals surface area contributed by atoms with Crippen LogP contribution in [-0.2, 0) is 27.2 Å². The Balaban J connectivity index is 1.34. The zero-order valence-electron chi connectivity index (χ0n) is 17.7. The van der Waals surface area contributed by atoms with Gasteiger partial charge in [-0.1, -0.05) is 6.07 Å². The first-order valence-corrected chi connectivity index (χ1v) is 10.7. The molecule has 164 valence electrons.